The molecule has 1 saturated heterocycles. The van der Waals surface area contributed by atoms with Gasteiger partial charge in [0.1, 0.15) is 12.0 Å². The fourth-order valence-electron chi connectivity index (χ4n) is 1.61. The average molecular weight is 194 g/mol. The van der Waals surface area contributed by atoms with Crippen molar-refractivity contribution in [2.24, 2.45) is 0 Å². The van der Waals surface area contributed by atoms with Crippen LogP contribution in [0.2, 0.25) is 0 Å². The van der Waals surface area contributed by atoms with Crippen LogP contribution in [0.4, 0.5) is 0 Å². The monoisotopic (exact) mass is 194 g/mol. The lowest BCUT2D eigenvalue weighted by Gasteiger charge is -2.09. The number of furan rings is 1. The van der Waals surface area contributed by atoms with Crippen LogP contribution in [0, 0.1) is 6.92 Å². The second kappa shape index (κ2) is 3.84. The smallest absolute Gasteiger partial charge is 0.254 e. The van der Waals surface area contributed by atoms with E-state index in [1.165, 1.54) is 6.26 Å². The van der Waals surface area contributed by atoms with Gasteiger partial charge in [0.25, 0.3) is 5.91 Å². The summed E-state index contributed by atoms with van der Waals surface area (Å²) in [6, 6.07) is 2.01. The van der Waals surface area contributed by atoms with Gasteiger partial charge in [0.05, 0.1) is 5.56 Å². The molecule has 4 heteroatoms. The number of carbonyl (C=O) groups excluding carboxylic acids is 1. The molecular formula is C10H14N2O2. The zero-order valence-electron chi connectivity index (χ0n) is 8.17. The Morgan fingerprint density at radius 2 is 2.57 bits per heavy atom. The van der Waals surface area contributed by atoms with Gasteiger partial charge in [-0.05, 0) is 26.0 Å². The van der Waals surface area contributed by atoms with Crippen molar-refractivity contribution < 1.29 is 9.21 Å². The quantitative estimate of drug-likeness (QED) is 0.728. The molecule has 1 aliphatic heterocycles. The molecule has 1 aromatic rings. The normalized spacial score (nSPS) is 21.1. The summed E-state index contributed by atoms with van der Waals surface area (Å²) in [4.78, 5) is 11.6. The summed E-state index contributed by atoms with van der Waals surface area (Å²) >= 11 is 0. The van der Waals surface area contributed by atoms with Crippen molar-refractivity contribution in [2.45, 2.75) is 19.4 Å². The first-order chi connectivity index (χ1) is 6.75. The highest BCUT2D eigenvalue weighted by Crippen LogP contribution is 2.07. The van der Waals surface area contributed by atoms with Crippen molar-refractivity contribution in [3.05, 3.63) is 23.7 Å². The van der Waals surface area contributed by atoms with E-state index in [1.54, 1.807) is 6.07 Å². The predicted molar refractivity (Wildman–Crippen MR) is 52.2 cm³/mol. The highest BCUT2D eigenvalue weighted by Gasteiger charge is 2.18. The van der Waals surface area contributed by atoms with Gasteiger partial charge in [-0.15, -0.1) is 0 Å². The Bertz CT molecular complexity index is 327. The standard InChI is InChI=1S/C10H14N2O2/c1-7-4-8(6-14-7)10(13)12-9-2-3-11-5-9/h4,6,9,11H,2-3,5H2,1H3,(H,12,13). The molecule has 4 nitrogen and oxygen atoms in total. The average Bonchev–Trinajstić information content (AvgIpc) is 2.75. The maximum Gasteiger partial charge on any atom is 0.254 e. The van der Waals surface area contributed by atoms with E-state index in [0.717, 1.165) is 25.3 Å². The number of nitrogens with one attached hydrogen (secondary N) is 2. The molecule has 0 radical (unpaired) electrons. The van der Waals surface area contributed by atoms with Gasteiger partial charge in [-0.1, -0.05) is 0 Å². The Hall–Kier alpha value is -1.29. The first-order valence-electron chi connectivity index (χ1n) is 4.82. The largest absolute Gasteiger partial charge is 0.469 e. The van der Waals surface area contributed by atoms with Crippen molar-refractivity contribution in [1.29, 1.82) is 0 Å². The van der Waals surface area contributed by atoms with Crippen LogP contribution in [-0.2, 0) is 0 Å². The SMILES string of the molecule is Cc1cc(C(=O)NC2CCNC2)co1. The molecule has 2 heterocycles. The molecule has 0 aliphatic carbocycles. The van der Waals surface area contributed by atoms with Crippen LogP contribution in [0.1, 0.15) is 22.5 Å². The van der Waals surface area contributed by atoms with Crippen LogP contribution in [0.15, 0.2) is 16.7 Å². The molecule has 0 bridgehead atoms. The summed E-state index contributed by atoms with van der Waals surface area (Å²) in [5.41, 5.74) is 0.606. The Balaban J connectivity index is 1.95. The summed E-state index contributed by atoms with van der Waals surface area (Å²) in [5, 5.41) is 6.14. The van der Waals surface area contributed by atoms with Gasteiger partial charge in [0.15, 0.2) is 0 Å². The molecule has 14 heavy (non-hydrogen) atoms. The zero-order chi connectivity index (χ0) is 9.97. The van der Waals surface area contributed by atoms with Crippen molar-refractivity contribution >= 4 is 5.91 Å². The van der Waals surface area contributed by atoms with Gasteiger partial charge in [-0.3, -0.25) is 4.79 Å². The molecule has 76 valence electrons. The summed E-state index contributed by atoms with van der Waals surface area (Å²) in [6.45, 7) is 3.67. The van der Waals surface area contributed by atoms with E-state index < -0.39 is 0 Å². The van der Waals surface area contributed by atoms with Crippen LogP contribution in [-0.4, -0.2) is 25.0 Å². The Labute approximate surface area is 82.7 Å². The first-order valence-corrected chi connectivity index (χ1v) is 4.82. The van der Waals surface area contributed by atoms with E-state index >= 15 is 0 Å². The van der Waals surface area contributed by atoms with E-state index in [2.05, 4.69) is 10.6 Å². The Kier molecular flexibility index (Phi) is 2.54. The van der Waals surface area contributed by atoms with Crippen LogP contribution in [0.5, 0.6) is 0 Å². The number of hydrogen-bond acceptors (Lipinski definition) is 3. The minimum absolute atomic E-state index is 0.0458. The molecule has 1 atom stereocenters. The number of aryl methyl sites for hydroxylation is 1. The molecule has 2 N–H and O–H groups in total. The van der Waals surface area contributed by atoms with Gasteiger partial charge in [-0.25, -0.2) is 0 Å². The minimum Gasteiger partial charge on any atom is -0.469 e. The molecule has 0 saturated carbocycles. The summed E-state index contributed by atoms with van der Waals surface area (Å²) in [5.74, 6) is 0.718. The minimum atomic E-state index is -0.0458. The van der Waals surface area contributed by atoms with Gasteiger partial charge < -0.3 is 15.1 Å². The third-order valence-electron chi connectivity index (χ3n) is 2.39. The maximum atomic E-state index is 11.6. The van der Waals surface area contributed by atoms with Crippen molar-refractivity contribution in [3.63, 3.8) is 0 Å². The van der Waals surface area contributed by atoms with E-state index in [-0.39, 0.29) is 11.9 Å². The number of hydrogen-bond donors (Lipinski definition) is 2. The lowest BCUT2D eigenvalue weighted by molar-refractivity contribution is 0.0939. The second-order valence-electron chi connectivity index (χ2n) is 3.61. The molecule has 1 amide bonds. The highest BCUT2D eigenvalue weighted by atomic mass is 16.3. The molecule has 1 aliphatic rings. The van der Waals surface area contributed by atoms with E-state index in [1.807, 2.05) is 6.92 Å². The third kappa shape index (κ3) is 1.96. The molecule has 1 unspecified atom stereocenters. The fourth-order valence-corrected chi connectivity index (χ4v) is 1.61. The summed E-state index contributed by atoms with van der Waals surface area (Å²) in [7, 11) is 0. The summed E-state index contributed by atoms with van der Waals surface area (Å²) in [6.07, 6.45) is 2.50. The van der Waals surface area contributed by atoms with Crippen LogP contribution >= 0.6 is 0 Å². The lowest BCUT2D eigenvalue weighted by atomic mass is 10.2. The van der Waals surface area contributed by atoms with Gasteiger partial charge in [0, 0.05) is 12.6 Å². The van der Waals surface area contributed by atoms with Gasteiger partial charge in [0.2, 0.25) is 0 Å². The van der Waals surface area contributed by atoms with E-state index in [4.69, 9.17) is 4.42 Å². The van der Waals surface area contributed by atoms with Crippen LogP contribution in [0.3, 0.4) is 0 Å². The molecule has 0 aromatic carbocycles. The lowest BCUT2D eigenvalue weighted by Crippen LogP contribution is -2.35. The fraction of sp³-hybridized carbons (Fsp3) is 0.500. The molecule has 2 rings (SSSR count). The van der Waals surface area contributed by atoms with Crippen molar-refractivity contribution in [3.8, 4) is 0 Å². The summed E-state index contributed by atoms with van der Waals surface area (Å²) < 4.78 is 5.07. The maximum absolute atomic E-state index is 11.6. The Morgan fingerprint density at radius 3 is 3.14 bits per heavy atom. The first kappa shape index (κ1) is 9.27. The van der Waals surface area contributed by atoms with Gasteiger partial charge in [-0.2, -0.15) is 0 Å². The van der Waals surface area contributed by atoms with Crippen LogP contribution < -0.4 is 10.6 Å². The number of amides is 1. The van der Waals surface area contributed by atoms with Crippen molar-refractivity contribution in [2.75, 3.05) is 13.1 Å². The van der Waals surface area contributed by atoms with Crippen molar-refractivity contribution in [1.82, 2.24) is 10.6 Å². The molecule has 1 fully saturated rings. The molecule has 1 aromatic heterocycles. The van der Waals surface area contributed by atoms with Crippen LogP contribution in [0.25, 0.3) is 0 Å². The molecular weight excluding hydrogens is 180 g/mol. The van der Waals surface area contributed by atoms with E-state index in [0.29, 0.717) is 5.56 Å². The zero-order valence-corrected chi connectivity index (χ0v) is 8.17. The Morgan fingerprint density at radius 1 is 1.71 bits per heavy atom. The second-order valence-corrected chi connectivity index (χ2v) is 3.61. The molecule has 0 spiro atoms. The number of rotatable bonds is 2. The number of carbonyl (C=O) groups is 1. The topological polar surface area (TPSA) is 54.3 Å². The predicted octanol–water partition coefficient (Wildman–Crippen LogP) is 0.680. The highest BCUT2D eigenvalue weighted by molar-refractivity contribution is 5.94. The van der Waals surface area contributed by atoms with E-state index in [9.17, 15) is 4.79 Å². The third-order valence-corrected chi connectivity index (χ3v) is 2.39. The van der Waals surface area contributed by atoms with Gasteiger partial charge >= 0.3 is 0 Å².